The lowest BCUT2D eigenvalue weighted by atomic mass is 10.2. The number of carbonyl (C=O) groups excluding carboxylic acids is 1. The molecule has 0 saturated heterocycles. The summed E-state index contributed by atoms with van der Waals surface area (Å²) in [5.41, 5.74) is 2.11. The second kappa shape index (κ2) is 8.71. The summed E-state index contributed by atoms with van der Waals surface area (Å²) in [5.74, 6) is 0.941. The number of carbonyl (C=O) groups is 1. The number of rotatable bonds is 7. The summed E-state index contributed by atoms with van der Waals surface area (Å²) in [6.45, 7) is 8.27. The van der Waals surface area contributed by atoms with Crippen molar-refractivity contribution in [2.45, 2.75) is 20.8 Å². The fourth-order valence-electron chi connectivity index (χ4n) is 2.23. The Labute approximate surface area is 142 Å². The van der Waals surface area contributed by atoms with Crippen molar-refractivity contribution in [1.82, 2.24) is 10.2 Å². The molecule has 0 bridgehead atoms. The zero-order chi connectivity index (χ0) is 17.4. The summed E-state index contributed by atoms with van der Waals surface area (Å²) >= 11 is 0. The van der Waals surface area contributed by atoms with Crippen LogP contribution in [0.2, 0.25) is 0 Å². The highest BCUT2D eigenvalue weighted by atomic mass is 16.5. The molecule has 24 heavy (non-hydrogen) atoms. The quantitative estimate of drug-likeness (QED) is 0.807. The molecule has 128 valence electrons. The van der Waals surface area contributed by atoms with Gasteiger partial charge in [-0.1, -0.05) is 0 Å². The van der Waals surface area contributed by atoms with Crippen LogP contribution >= 0.6 is 0 Å². The smallest absolute Gasteiger partial charge is 0.412 e. The van der Waals surface area contributed by atoms with Gasteiger partial charge in [-0.25, -0.2) is 4.79 Å². The molecule has 1 aromatic heterocycles. The maximum Gasteiger partial charge on any atom is 0.412 e. The maximum atomic E-state index is 11.3. The minimum Gasteiger partial charge on any atom is -0.450 e. The molecule has 0 spiro atoms. The first-order valence-electron chi connectivity index (χ1n) is 8.05. The van der Waals surface area contributed by atoms with Crippen LogP contribution in [-0.2, 0) is 4.74 Å². The van der Waals surface area contributed by atoms with E-state index in [-0.39, 0.29) is 0 Å². The molecule has 2 N–H and O–H groups in total. The normalized spacial score (nSPS) is 10.1. The molecule has 0 aliphatic carbocycles. The number of nitrogens with one attached hydrogen (secondary N) is 2. The van der Waals surface area contributed by atoms with Crippen LogP contribution in [0.3, 0.4) is 0 Å². The topological polar surface area (TPSA) is 79.4 Å². The number of ether oxygens (including phenoxy) is 1. The first-order chi connectivity index (χ1) is 11.7. The first kappa shape index (κ1) is 17.5. The summed E-state index contributed by atoms with van der Waals surface area (Å²) in [4.78, 5) is 13.6. The van der Waals surface area contributed by atoms with E-state index in [0.29, 0.717) is 18.2 Å². The van der Waals surface area contributed by atoms with Crippen LogP contribution in [-0.4, -0.2) is 36.0 Å². The van der Waals surface area contributed by atoms with Gasteiger partial charge in [0.25, 0.3) is 0 Å². The number of hydrogen-bond donors (Lipinski definition) is 2. The van der Waals surface area contributed by atoms with Crippen LogP contribution in [0.1, 0.15) is 20.8 Å². The Morgan fingerprint density at radius 3 is 2.17 bits per heavy atom. The molecular weight excluding hydrogens is 306 g/mol. The fourth-order valence-corrected chi connectivity index (χ4v) is 2.23. The molecule has 2 rings (SSSR count). The van der Waals surface area contributed by atoms with Crippen LogP contribution in [0, 0.1) is 0 Å². The molecule has 0 saturated carbocycles. The van der Waals surface area contributed by atoms with Gasteiger partial charge in [-0.15, -0.1) is 10.2 Å². The highest BCUT2D eigenvalue weighted by molar-refractivity contribution is 5.83. The van der Waals surface area contributed by atoms with Gasteiger partial charge in [-0.2, -0.15) is 0 Å². The van der Waals surface area contributed by atoms with Crippen LogP contribution < -0.4 is 15.5 Å². The van der Waals surface area contributed by atoms with Gasteiger partial charge < -0.3 is 15.0 Å². The predicted molar refractivity (Wildman–Crippen MR) is 96.0 cm³/mol. The van der Waals surface area contributed by atoms with Gasteiger partial charge in [-0.05, 0) is 57.2 Å². The maximum absolute atomic E-state index is 11.3. The van der Waals surface area contributed by atoms with Crippen molar-refractivity contribution in [1.29, 1.82) is 0 Å². The van der Waals surface area contributed by atoms with E-state index < -0.39 is 6.09 Å². The minimum absolute atomic E-state index is 0.308. The molecule has 0 radical (unpaired) electrons. The van der Waals surface area contributed by atoms with Gasteiger partial charge in [0.2, 0.25) is 0 Å². The molecule has 0 aliphatic heterocycles. The summed E-state index contributed by atoms with van der Waals surface area (Å²) in [5, 5.41) is 13.6. The van der Waals surface area contributed by atoms with Crippen molar-refractivity contribution in [2.24, 2.45) is 0 Å². The third-order valence-electron chi connectivity index (χ3n) is 3.44. The van der Waals surface area contributed by atoms with Crippen molar-refractivity contribution in [2.75, 3.05) is 35.2 Å². The van der Waals surface area contributed by atoms with Crippen LogP contribution in [0.15, 0.2) is 36.4 Å². The van der Waals surface area contributed by atoms with Crippen molar-refractivity contribution in [3.8, 4) is 0 Å². The number of nitrogens with zero attached hydrogens (tertiary/aromatic N) is 3. The van der Waals surface area contributed by atoms with Gasteiger partial charge in [0, 0.05) is 24.5 Å². The number of anilines is 4. The van der Waals surface area contributed by atoms with Crippen molar-refractivity contribution < 1.29 is 9.53 Å². The number of hydrogen-bond acceptors (Lipinski definition) is 6. The summed E-state index contributed by atoms with van der Waals surface area (Å²) in [6.07, 6.45) is -0.542. The van der Waals surface area contributed by atoms with Crippen LogP contribution in [0.4, 0.5) is 27.8 Å². The van der Waals surface area contributed by atoms with Gasteiger partial charge in [0.1, 0.15) is 0 Å². The largest absolute Gasteiger partial charge is 0.450 e. The molecule has 1 heterocycles. The lowest BCUT2D eigenvalue weighted by Crippen LogP contribution is -2.21. The van der Waals surface area contributed by atoms with Gasteiger partial charge in [0.05, 0.1) is 6.61 Å². The zero-order valence-corrected chi connectivity index (χ0v) is 14.2. The Hall–Kier alpha value is -2.83. The highest BCUT2D eigenvalue weighted by Crippen LogP contribution is 2.20. The van der Waals surface area contributed by atoms with E-state index in [4.69, 9.17) is 4.74 Å². The molecule has 0 fully saturated rings. The molecule has 1 amide bonds. The highest BCUT2D eigenvalue weighted by Gasteiger charge is 2.05. The predicted octanol–water partition coefficient (Wildman–Crippen LogP) is 3.63. The summed E-state index contributed by atoms with van der Waals surface area (Å²) < 4.78 is 4.78. The molecule has 0 aliphatic rings. The van der Waals surface area contributed by atoms with Crippen molar-refractivity contribution in [3.63, 3.8) is 0 Å². The second-order valence-electron chi connectivity index (χ2n) is 4.99. The molecule has 1 aromatic carbocycles. The van der Waals surface area contributed by atoms with E-state index >= 15 is 0 Å². The zero-order valence-electron chi connectivity index (χ0n) is 14.2. The van der Waals surface area contributed by atoms with Gasteiger partial charge in [0.15, 0.2) is 11.6 Å². The molecule has 0 unspecified atom stereocenters. The summed E-state index contributed by atoms with van der Waals surface area (Å²) in [6, 6.07) is 11.5. The average Bonchev–Trinajstić information content (AvgIpc) is 2.59. The van der Waals surface area contributed by atoms with Crippen molar-refractivity contribution >= 4 is 29.1 Å². The van der Waals surface area contributed by atoms with E-state index in [0.717, 1.165) is 18.8 Å². The Balaban J connectivity index is 1.97. The Kier molecular flexibility index (Phi) is 6.36. The van der Waals surface area contributed by atoms with E-state index in [9.17, 15) is 4.79 Å². The first-order valence-corrected chi connectivity index (χ1v) is 8.05. The molecular formula is C17H23N5O2. The van der Waals surface area contributed by atoms with E-state index in [2.05, 4.69) is 51.7 Å². The van der Waals surface area contributed by atoms with Gasteiger partial charge >= 0.3 is 6.09 Å². The Morgan fingerprint density at radius 2 is 1.62 bits per heavy atom. The Morgan fingerprint density at radius 1 is 1.00 bits per heavy atom. The summed E-state index contributed by atoms with van der Waals surface area (Å²) in [7, 11) is 0. The third-order valence-corrected chi connectivity index (χ3v) is 3.44. The van der Waals surface area contributed by atoms with E-state index in [1.165, 1.54) is 5.69 Å². The van der Waals surface area contributed by atoms with E-state index in [1.807, 2.05) is 12.1 Å². The monoisotopic (exact) mass is 329 g/mol. The van der Waals surface area contributed by atoms with Crippen LogP contribution in [0.25, 0.3) is 0 Å². The number of benzene rings is 1. The van der Waals surface area contributed by atoms with Crippen molar-refractivity contribution in [3.05, 3.63) is 36.4 Å². The van der Waals surface area contributed by atoms with E-state index in [1.54, 1.807) is 19.1 Å². The fraction of sp³-hybridized carbons (Fsp3) is 0.353. The number of aromatic nitrogens is 2. The molecule has 7 heteroatoms. The number of amides is 1. The minimum atomic E-state index is -0.542. The molecule has 7 nitrogen and oxygen atoms in total. The van der Waals surface area contributed by atoms with Crippen LogP contribution in [0.5, 0.6) is 0 Å². The average molecular weight is 329 g/mol. The third kappa shape index (κ3) is 4.84. The molecule has 2 aromatic rings. The lowest BCUT2D eigenvalue weighted by molar-refractivity contribution is 0.168. The lowest BCUT2D eigenvalue weighted by Gasteiger charge is -2.21. The standard InChI is InChI=1S/C17H23N5O2/c1-4-22(5-2)14-9-7-13(8-10-14)18-15-11-12-16(21-20-15)19-17(23)24-6-3/h7-12H,4-6H2,1-3H3,(H,18,20)(H,19,21,23). The van der Waals surface area contributed by atoms with Gasteiger partial charge in [-0.3, -0.25) is 5.32 Å². The SMILES string of the molecule is CCOC(=O)Nc1ccc(Nc2ccc(N(CC)CC)cc2)nn1. The Bertz CT molecular complexity index is 639. The second-order valence-corrected chi connectivity index (χ2v) is 4.99. The molecule has 0 atom stereocenters.